The molecule has 0 bridgehead atoms. The van der Waals surface area contributed by atoms with Crippen LogP contribution in [0, 0.1) is 18.8 Å². The number of aromatic nitrogens is 4. The predicted octanol–water partition coefficient (Wildman–Crippen LogP) is 7.07. The summed E-state index contributed by atoms with van der Waals surface area (Å²) in [6, 6.07) is 2.75. The van der Waals surface area contributed by atoms with Gasteiger partial charge in [0, 0.05) is 24.2 Å². The summed E-state index contributed by atoms with van der Waals surface area (Å²) in [6.45, 7) is 8.22. The molecule has 6 rings (SSSR count). The second-order valence-corrected chi connectivity index (χ2v) is 13.4. The zero-order valence-corrected chi connectivity index (χ0v) is 24.1. The monoisotopic (exact) mass is 534 g/mol. The Morgan fingerprint density at radius 1 is 1.08 bits per heavy atom. The van der Waals surface area contributed by atoms with E-state index in [4.69, 9.17) is 19.9 Å². The summed E-state index contributed by atoms with van der Waals surface area (Å²) in [4.78, 5) is 19.9. The second-order valence-electron chi connectivity index (χ2n) is 12.4. The molecule has 7 nitrogen and oxygen atoms in total. The lowest BCUT2D eigenvalue weighted by Gasteiger charge is -2.26. The number of anilines is 2. The van der Waals surface area contributed by atoms with Gasteiger partial charge in [-0.25, -0.2) is 9.97 Å². The summed E-state index contributed by atoms with van der Waals surface area (Å²) >= 11 is 1.71. The van der Waals surface area contributed by atoms with E-state index >= 15 is 0 Å². The minimum absolute atomic E-state index is 0.266. The number of fused-ring (bicyclic) bond motifs is 1. The number of hydrogen-bond donors (Lipinski definition) is 3. The van der Waals surface area contributed by atoms with E-state index in [-0.39, 0.29) is 12.0 Å². The molecule has 3 aromatic rings. The van der Waals surface area contributed by atoms with E-state index in [2.05, 4.69) is 30.5 Å². The lowest BCUT2D eigenvalue weighted by atomic mass is 9.89. The van der Waals surface area contributed by atoms with Crippen LogP contribution in [0.4, 0.5) is 11.8 Å². The molecule has 38 heavy (non-hydrogen) atoms. The Morgan fingerprint density at radius 2 is 1.87 bits per heavy atom. The minimum atomic E-state index is -0.664. The molecule has 3 saturated carbocycles. The van der Waals surface area contributed by atoms with Crippen molar-refractivity contribution in [3.8, 4) is 10.6 Å². The third-order valence-electron chi connectivity index (χ3n) is 9.10. The fourth-order valence-corrected chi connectivity index (χ4v) is 7.73. The minimum Gasteiger partial charge on any atom is -0.390 e. The van der Waals surface area contributed by atoms with Gasteiger partial charge in [0.05, 0.1) is 27.3 Å². The van der Waals surface area contributed by atoms with Gasteiger partial charge in [0.25, 0.3) is 0 Å². The Bertz CT molecular complexity index is 1290. The van der Waals surface area contributed by atoms with Gasteiger partial charge in [0.1, 0.15) is 16.3 Å². The third-order valence-corrected chi connectivity index (χ3v) is 10.1. The molecule has 0 saturated heterocycles. The maximum Gasteiger partial charge on any atom is 0.225 e. The molecule has 3 N–H and O–H groups in total. The number of aliphatic hydroxyl groups is 1. The Balaban J connectivity index is 1.36. The van der Waals surface area contributed by atoms with Gasteiger partial charge in [0.2, 0.25) is 5.95 Å². The van der Waals surface area contributed by atoms with E-state index in [1.807, 2.05) is 20.0 Å². The fourth-order valence-electron chi connectivity index (χ4n) is 6.66. The van der Waals surface area contributed by atoms with Crippen molar-refractivity contribution in [2.45, 2.75) is 116 Å². The van der Waals surface area contributed by atoms with Crippen molar-refractivity contribution in [3.63, 3.8) is 0 Å². The van der Waals surface area contributed by atoms with Gasteiger partial charge in [-0.3, -0.25) is 4.98 Å². The first kappa shape index (κ1) is 25.9. The molecule has 3 heterocycles. The lowest BCUT2D eigenvalue weighted by molar-refractivity contribution is 0.0197. The normalized spacial score (nSPS) is 23.3. The summed E-state index contributed by atoms with van der Waals surface area (Å²) in [7, 11) is 0. The smallest absolute Gasteiger partial charge is 0.225 e. The van der Waals surface area contributed by atoms with E-state index in [9.17, 15) is 5.11 Å². The quantitative estimate of drug-likeness (QED) is 0.270. The maximum atomic E-state index is 10.6. The van der Waals surface area contributed by atoms with Gasteiger partial charge in [-0.05, 0) is 90.0 Å². The number of rotatable bonds is 9. The Hall–Kier alpha value is -2.32. The highest BCUT2D eigenvalue weighted by Crippen LogP contribution is 2.45. The first-order valence-corrected chi connectivity index (χ1v) is 15.5. The number of nitrogens with one attached hydrogen (secondary N) is 2. The van der Waals surface area contributed by atoms with E-state index in [1.54, 1.807) is 11.3 Å². The molecule has 3 aliphatic carbocycles. The van der Waals surface area contributed by atoms with Gasteiger partial charge in [-0.1, -0.05) is 19.8 Å². The molecule has 8 heteroatoms. The van der Waals surface area contributed by atoms with Gasteiger partial charge < -0.3 is 15.7 Å². The first-order valence-electron chi connectivity index (χ1n) is 14.7. The molecule has 0 amide bonds. The molecule has 0 radical (unpaired) electrons. The molecule has 3 aromatic heterocycles. The molecular weight excluding hydrogens is 492 g/mol. The fraction of sp³-hybridized carbons (Fsp3) is 0.667. The van der Waals surface area contributed by atoms with E-state index in [0.717, 1.165) is 59.0 Å². The lowest BCUT2D eigenvalue weighted by Crippen LogP contribution is -2.30. The third kappa shape index (κ3) is 5.26. The standard InChI is InChI=1S/C30H42N6OS/c1-5-22(18-8-6-7-9-18)34-29-32-17(2)24(27(36-29)33-21-13-12-20(16-21)30(3,4)37)28-35-26-23(38-28)14-15-31-25(26)19-10-11-19/h14-15,18-22,37H,5-13,16H2,1-4H3,(H2,32,33,34,36). The van der Waals surface area contributed by atoms with Gasteiger partial charge in [-0.2, -0.15) is 4.98 Å². The Kier molecular flexibility index (Phi) is 7.06. The summed E-state index contributed by atoms with van der Waals surface area (Å²) in [5.74, 6) is 3.10. The van der Waals surface area contributed by atoms with Crippen molar-refractivity contribution in [3.05, 3.63) is 23.7 Å². The summed E-state index contributed by atoms with van der Waals surface area (Å²) in [6.07, 6.45) is 13.6. The summed E-state index contributed by atoms with van der Waals surface area (Å²) in [5.41, 5.74) is 3.46. The van der Waals surface area contributed by atoms with Crippen LogP contribution in [0.3, 0.4) is 0 Å². The van der Waals surface area contributed by atoms with Crippen molar-refractivity contribution >= 4 is 33.3 Å². The zero-order valence-electron chi connectivity index (χ0n) is 23.3. The number of aryl methyl sites for hydroxylation is 1. The summed E-state index contributed by atoms with van der Waals surface area (Å²) < 4.78 is 1.18. The maximum absolute atomic E-state index is 10.6. The highest BCUT2D eigenvalue weighted by Gasteiger charge is 2.36. The van der Waals surface area contributed by atoms with Crippen LogP contribution >= 0.6 is 11.3 Å². The van der Waals surface area contributed by atoms with Crippen LogP contribution in [0.5, 0.6) is 0 Å². The number of hydrogen-bond acceptors (Lipinski definition) is 8. The van der Waals surface area contributed by atoms with Crippen LogP contribution in [0.25, 0.3) is 20.8 Å². The molecule has 204 valence electrons. The predicted molar refractivity (Wildman–Crippen MR) is 156 cm³/mol. The highest BCUT2D eigenvalue weighted by atomic mass is 32.1. The molecule has 3 aliphatic rings. The van der Waals surface area contributed by atoms with Crippen molar-refractivity contribution < 1.29 is 5.11 Å². The van der Waals surface area contributed by atoms with E-state index in [1.165, 1.54) is 43.2 Å². The van der Waals surface area contributed by atoms with Gasteiger partial charge in [-0.15, -0.1) is 11.3 Å². The molecule has 0 spiro atoms. The summed E-state index contributed by atoms with van der Waals surface area (Å²) in [5, 5.41) is 19.1. The number of nitrogens with zero attached hydrogens (tertiary/aromatic N) is 4. The van der Waals surface area contributed by atoms with Crippen LogP contribution in [-0.4, -0.2) is 42.7 Å². The van der Waals surface area contributed by atoms with Crippen molar-refractivity contribution in [2.24, 2.45) is 11.8 Å². The van der Waals surface area contributed by atoms with E-state index < -0.39 is 5.60 Å². The van der Waals surface area contributed by atoms with Crippen molar-refractivity contribution in [2.75, 3.05) is 10.6 Å². The average molecular weight is 535 g/mol. The SMILES string of the molecule is CCC(Nc1nc(C)c(-c2nc3c(C4CC4)nccc3s2)c(NC2CCC(C(C)(C)O)C2)n1)C1CCCC1. The topological polar surface area (TPSA) is 95.9 Å². The molecule has 3 fully saturated rings. The molecule has 3 unspecified atom stereocenters. The zero-order chi connectivity index (χ0) is 26.4. The van der Waals surface area contributed by atoms with Gasteiger partial charge in [0.15, 0.2) is 0 Å². The molecule has 0 aliphatic heterocycles. The Labute approximate surface area is 230 Å². The van der Waals surface area contributed by atoms with Crippen molar-refractivity contribution in [1.29, 1.82) is 0 Å². The van der Waals surface area contributed by atoms with Gasteiger partial charge >= 0.3 is 0 Å². The van der Waals surface area contributed by atoms with E-state index in [0.29, 0.717) is 23.8 Å². The largest absolute Gasteiger partial charge is 0.390 e. The molecule has 0 aromatic carbocycles. The van der Waals surface area contributed by atoms with Crippen molar-refractivity contribution in [1.82, 2.24) is 19.9 Å². The first-order chi connectivity index (χ1) is 18.3. The van der Waals surface area contributed by atoms with Crippen LogP contribution in [0.1, 0.15) is 102 Å². The average Bonchev–Trinajstić information content (AvgIpc) is 3.25. The van der Waals surface area contributed by atoms with Crippen LogP contribution in [0.2, 0.25) is 0 Å². The molecule has 3 atom stereocenters. The Morgan fingerprint density at radius 3 is 2.55 bits per heavy atom. The number of pyridine rings is 1. The molecular formula is C30H42N6OS. The van der Waals surface area contributed by atoms with Crippen LogP contribution < -0.4 is 10.6 Å². The van der Waals surface area contributed by atoms with Crippen LogP contribution in [0.15, 0.2) is 12.3 Å². The van der Waals surface area contributed by atoms with Crippen LogP contribution in [-0.2, 0) is 0 Å². The highest BCUT2D eigenvalue weighted by molar-refractivity contribution is 7.21. The number of thiazole rings is 1. The second kappa shape index (κ2) is 10.3.